The van der Waals surface area contributed by atoms with E-state index >= 15 is 0 Å². The molecule has 0 bridgehead atoms. The zero-order valence-corrected chi connectivity index (χ0v) is 19.5. The van der Waals surface area contributed by atoms with Gasteiger partial charge in [-0.25, -0.2) is 8.42 Å². The highest BCUT2D eigenvalue weighted by Gasteiger charge is 2.20. The Hall–Kier alpha value is -3.32. The Bertz CT molecular complexity index is 1200. The van der Waals surface area contributed by atoms with E-state index in [4.69, 9.17) is 4.74 Å². The third-order valence-electron chi connectivity index (χ3n) is 5.19. The number of carbonyl (C=O) groups excluding carboxylic acids is 1. The molecule has 7 heteroatoms. The van der Waals surface area contributed by atoms with Crippen LogP contribution in [-0.2, 0) is 14.8 Å². The molecule has 3 aromatic rings. The summed E-state index contributed by atoms with van der Waals surface area (Å²) in [5, 5.41) is 2.80. The SMILES string of the molecule is CC[C@@H](Oc1cccc(C)c1C)C(=O)Nc1ccc(S(=O)(=O)Nc2cccc(C)c2)cc1. The molecule has 3 rings (SSSR count). The van der Waals surface area contributed by atoms with Crippen LogP contribution < -0.4 is 14.8 Å². The molecule has 32 heavy (non-hydrogen) atoms. The van der Waals surface area contributed by atoms with Crippen LogP contribution in [0.1, 0.15) is 30.0 Å². The van der Waals surface area contributed by atoms with Gasteiger partial charge in [-0.1, -0.05) is 31.2 Å². The highest BCUT2D eigenvalue weighted by molar-refractivity contribution is 7.92. The summed E-state index contributed by atoms with van der Waals surface area (Å²) in [7, 11) is -3.73. The molecule has 0 spiro atoms. The van der Waals surface area contributed by atoms with Crippen LogP contribution in [0.3, 0.4) is 0 Å². The minimum Gasteiger partial charge on any atom is -0.480 e. The largest absolute Gasteiger partial charge is 0.480 e. The number of nitrogens with one attached hydrogen (secondary N) is 2. The fourth-order valence-corrected chi connectivity index (χ4v) is 4.24. The molecule has 0 aliphatic carbocycles. The second kappa shape index (κ2) is 9.87. The topological polar surface area (TPSA) is 84.5 Å². The highest BCUT2D eigenvalue weighted by atomic mass is 32.2. The van der Waals surface area contributed by atoms with Gasteiger partial charge in [-0.3, -0.25) is 9.52 Å². The van der Waals surface area contributed by atoms with Crippen molar-refractivity contribution in [1.82, 2.24) is 0 Å². The van der Waals surface area contributed by atoms with E-state index in [0.717, 1.165) is 16.7 Å². The number of sulfonamides is 1. The van der Waals surface area contributed by atoms with Gasteiger partial charge in [0.25, 0.3) is 15.9 Å². The van der Waals surface area contributed by atoms with E-state index in [1.54, 1.807) is 30.3 Å². The Morgan fingerprint density at radius 2 is 1.62 bits per heavy atom. The minimum absolute atomic E-state index is 0.107. The van der Waals surface area contributed by atoms with Crippen molar-refractivity contribution in [2.45, 2.75) is 45.1 Å². The molecule has 0 aliphatic heterocycles. The Labute approximate surface area is 189 Å². The molecule has 0 unspecified atom stereocenters. The zero-order valence-electron chi connectivity index (χ0n) is 18.7. The van der Waals surface area contributed by atoms with Crippen molar-refractivity contribution in [3.05, 3.63) is 83.4 Å². The molecule has 1 atom stereocenters. The first-order valence-corrected chi connectivity index (χ1v) is 11.9. The Kier molecular flexibility index (Phi) is 7.20. The van der Waals surface area contributed by atoms with E-state index in [-0.39, 0.29) is 10.8 Å². The summed E-state index contributed by atoms with van der Waals surface area (Å²) in [5.41, 5.74) is 4.03. The van der Waals surface area contributed by atoms with Crippen molar-refractivity contribution in [2.75, 3.05) is 10.0 Å². The summed E-state index contributed by atoms with van der Waals surface area (Å²) < 4.78 is 33.8. The van der Waals surface area contributed by atoms with Gasteiger partial charge in [0, 0.05) is 11.4 Å². The van der Waals surface area contributed by atoms with Gasteiger partial charge in [0.15, 0.2) is 6.10 Å². The van der Waals surface area contributed by atoms with E-state index < -0.39 is 16.1 Å². The lowest BCUT2D eigenvalue weighted by Gasteiger charge is -2.19. The average Bonchev–Trinajstić information content (AvgIpc) is 2.75. The molecule has 0 saturated carbocycles. The lowest BCUT2D eigenvalue weighted by Crippen LogP contribution is -2.32. The number of rotatable bonds is 8. The zero-order chi connectivity index (χ0) is 23.3. The van der Waals surface area contributed by atoms with Crippen LogP contribution in [0.2, 0.25) is 0 Å². The van der Waals surface area contributed by atoms with Crippen molar-refractivity contribution in [3.63, 3.8) is 0 Å². The quantitative estimate of drug-likeness (QED) is 0.491. The minimum atomic E-state index is -3.73. The smallest absolute Gasteiger partial charge is 0.265 e. The number of hydrogen-bond acceptors (Lipinski definition) is 4. The van der Waals surface area contributed by atoms with Crippen molar-refractivity contribution in [2.24, 2.45) is 0 Å². The van der Waals surface area contributed by atoms with E-state index in [0.29, 0.717) is 23.5 Å². The fourth-order valence-electron chi connectivity index (χ4n) is 3.19. The lowest BCUT2D eigenvalue weighted by atomic mass is 10.1. The molecule has 1 amide bonds. The summed E-state index contributed by atoms with van der Waals surface area (Å²) in [6, 6.07) is 18.9. The molecule has 2 N–H and O–H groups in total. The first kappa shape index (κ1) is 23.3. The van der Waals surface area contributed by atoms with Gasteiger partial charge in [-0.2, -0.15) is 0 Å². The second-order valence-electron chi connectivity index (χ2n) is 7.70. The maximum absolute atomic E-state index is 12.7. The molecule has 168 valence electrons. The fraction of sp³-hybridized carbons (Fsp3) is 0.240. The third kappa shape index (κ3) is 5.68. The van der Waals surface area contributed by atoms with Crippen molar-refractivity contribution < 1.29 is 17.9 Å². The summed E-state index contributed by atoms with van der Waals surface area (Å²) in [5.74, 6) is 0.387. The molecule has 0 radical (unpaired) electrons. The predicted molar refractivity (Wildman–Crippen MR) is 128 cm³/mol. The average molecular weight is 453 g/mol. The third-order valence-corrected chi connectivity index (χ3v) is 6.59. The maximum Gasteiger partial charge on any atom is 0.265 e. The maximum atomic E-state index is 12.7. The summed E-state index contributed by atoms with van der Waals surface area (Å²) >= 11 is 0. The van der Waals surface area contributed by atoms with E-state index in [2.05, 4.69) is 10.0 Å². The van der Waals surface area contributed by atoms with Gasteiger partial charge in [0.1, 0.15) is 5.75 Å². The van der Waals surface area contributed by atoms with Crippen LogP contribution in [0.5, 0.6) is 5.75 Å². The van der Waals surface area contributed by atoms with E-state index in [9.17, 15) is 13.2 Å². The van der Waals surface area contributed by atoms with Crippen LogP contribution >= 0.6 is 0 Å². The van der Waals surface area contributed by atoms with Crippen LogP contribution in [0.15, 0.2) is 71.6 Å². The number of aryl methyl sites for hydroxylation is 2. The monoisotopic (exact) mass is 452 g/mol. The molecule has 3 aromatic carbocycles. The highest BCUT2D eigenvalue weighted by Crippen LogP contribution is 2.23. The van der Waals surface area contributed by atoms with Gasteiger partial charge < -0.3 is 10.1 Å². The van der Waals surface area contributed by atoms with Crippen LogP contribution in [-0.4, -0.2) is 20.4 Å². The summed E-state index contributed by atoms with van der Waals surface area (Å²) in [4.78, 5) is 12.8. The molecule has 0 heterocycles. The number of benzene rings is 3. The first-order valence-electron chi connectivity index (χ1n) is 10.4. The lowest BCUT2D eigenvalue weighted by molar-refractivity contribution is -0.122. The molecule has 0 aliphatic rings. The number of amides is 1. The molecular weight excluding hydrogens is 424 g/mol. The Balaban J connectivity index is 1.68. The Morgan fingerprint density at radius 3 is 2.28 bits per heavy atom. The van der Waals surface area contributed by atoms with E-state index in [1.165, 1.54) is 12.1 Å². The first-order chi connectivity index (χ1) is 15.2. The number of ether oxygens (including phenoxy) is 1. The normalized spacial score (nSPS) is 12.1. The predicted octanol–water partition coefficient (Wildman–Crippen LogP) is 5.21. The number of carbonyl (C=O) groups is 1. The molecule has 6 nitrogen and oxygen atoms in total. The van der Waals surface area contributed by atoms with Gasteiger partial charge in [-0.05, 0) is 86.3 Å². The Morgan fingerprint density at radius 1 is 0.938 bits per heavy atom. The molecule has 0 fully saturated rings. The van der Waals surface area contributed by atoms with Crippen molar-refractivity contribution in [1.29, 1.82) is 0 Å². The summed E-state index contributed by atoms with van der Waals surface area (Å²) in [6.45, 7) is 7.72. The standard InChI is InChI=1S/C25H28N2O4S/c1-5-23(31-24-11-7-9-18(3)19(24)4)25(28)26-20-12-14-22(15-13-20)32(29,30)27-21-10-6-8-17(2)16-21/h6-16,23,27H,5H2,1-4H3,(H,26,28)/t23-/m1/s1. The van der Waals surface area contributed by atoms with Crippen LogP contribution in [0.4, 0.5) is 11.4 Å². The van der Waals surface area contributed by atoms with Gasteiger partial charge in [-0.15, -0.1) is 0 Å². The van der Waals surface area contributed by atoms with E-state index in [1.807, 2.05) is 52.0 Å². The van der Waals surface area contributed by atoms with Crippen LogP contribution in [0.25, 0.3) is 0 Å². The molecular formula is C25H28N2O4S. The molecule has 0 saturated heterocycles. The number of anilines is 2. The van der Waals surface area contributed by atoms with Crippen molar-refractivity contribution >= 4 is 27.3 Å². The number of hydrogen-bond donors (Lipinski definition) is 2. The van der Waals surface area contributed by atoms with Crippen LogP contribution in [0, 0.1) is 20.8 Å². The van der Waals surface area contributed by atoms with Gasteiger partial charge in [0.05, 0.1) is 4.90 Å². The summed E-state index contributed by atoms with van der Waals surface area (Å²) in [6.07, 6.45) is -0.173. The van der Waals surface area contributed by atoms with Gasteiger partial charge >= 0.3 is 0 Å². The second-order valence-corrected chi connectivity index (χ2v) is 9.38. The molecule has 0 aromatic heterocycles. The van der Waals surface area contributed by atoms with Gasteiger partial charge in [0.2, 0.25) is 0 Å². The van der Waals surface area contributed by atoms with Crippen molar-refractivity contribution in [3.8, 4) is 5.75 Å².